The van der Waals surface area contributed by atoms with E-state index in [-0.39, 0.29) is 6.04 Å². The zero-order valence-corrected chi connectivity index (χ0v) is 12.6. The number of pyridine rings is 1. The van der Waals surface area contributed by atoms with Gasteiger partial charge in [0.1, 0.15) is 0 Å². The van der Waals surface area contributed by atoms with Crippen molar-refractivity contribution < 1.29 is 0 Å². The quantitative estimate of drug-likeness (QED) is 0.861. The summed E-state index contributed by atoms with van der Waals surface area (Å²) in [5.74, 6) is 0. The average molecular weight is 326 g/mol. The lowest BCUT2D eigenvalue weighted by Crippen LogP contribution is -2.07. The molecule has 0 radical (unpaired) electrons. The Morgan fingerprint density at radius 3 is 2.61 bits per heavy atom. The van der Waals surface area contributed by atoms with Gasteiger partial charge in [0, 0.05) is 27.9 Å². The molecule has 1 heterocycles. The van der Waals surface area contributed by atoms with Crippen LogP contribution in [0.3, 0.4) is 0 Å². The number of aromatic nitrogens is 1. The molecule has 0 amide bonds. The molecule has 0 aliphatic heterocycles. The van der Waals surface area contributed by atoms with Crippen LogP contribution >= 0.6 is 27.5 Å². The van der Waals surface area contributed by atoms with Crippen LogP contribution < -0.4 is 5.32 Å². The highest BCUT2D eigenvalue weighted by Gasteiger charge is 2.09. The average Bonchev–Trinajstić information content (AvgIpc) is 2.37. The van der Waals surface area contributed by atoms with Gasteiger partial charge in [-0.1, -0.05) is 11.6 Å². The molecule has 1 N–H and O–H groups in total. The molecule has 2 aromatic rings. The Morgan fingerprint density at radius 2 is 1.94 bits per heavy atom. The van der Waals surface area contributed by atoms with E-state index in [0.29, 0.717) is 0 Å². The lowest BCUT2D eigenvalue weighted by molar-refractivity contribution is 0.879. The van der Waals surface area contributed by atoms with Crippen molar-refractivity contribution >= 4 is 33.2 Å². The van der Waals surface area contributed by atoms with Crippen LogP contribution in [0.15, 0.2) is 41.1 Å². The van der Waals surface area contributed by atoms with Gasteiger partial charge in [0.15, 0.2) is 0 Å². The van der Waals surface area contributed by atoms with E-state index in [0.717, 1.165) is 20.7 Å². The third kappa shape index (κ3) is 3.03. The Labute approximate surface area is 121 Å². The number of halogens is 2. The van der Waals surface area contributed by atoms with Crippen LogP contribution in [0.25, 0.3) is 0 Å². The molecule has 18 heavy (non-hydrogen) atoms. The van der Waals surface area contributed by atoms with Gasteiger partial charge in [-0.05, 0) is 65.2 Å². The minimum atomic E-state index is 0.197. The Bertz CT molecular complexity index is 543. The molecule has 0 saturated carbocycles. The predicted molar refractivity (Wildman–Crippen MR) is 80.2 cm³/mol. The zero-order chi connectivity index (χ0) is 13.1. The first-order valence-electron chi connectivity index (χ1n) is 5.70. The highest BCUT2D eigenvalue weighted by atomic mass is 79.9. The fraction of sp³-hybridized carbons (Fsp3) is 0.214. The smallest absolute Gasteiger partial charge is 0.0504 e. The van der Waals surface area contributed by atoms with Crippen LogP contribution in [-0.4, -0.2) is 4.98 Å². The Morgan fingerprint density at radius 1 is 1.28 bits per heavy atom. The first-order valence-corrected chi connectivity index (χ1v) is 6.87. The Kier molecular flexibility index (Phi) is 4.25. The van der Waals surface area contributed by atoms with Gasteiger partial charge in [-0.2, -0.15) is 0 Å². The van der Waals surface area contributed by atoms with E-state index < -0.39 is 0 Å². The molecule has 4 heteroatoms. The largest absolute Gasteiger partial charge is 0.378 e. The molecular weight excluding hydrogens is 312 g/mol. The number of nitrogens with one attached hydrogen (secondary N) is 1. The lowest BCUT2D eigenvalue weighted by atomic mass is 10.1. The number of hydrogen-bond donors (Lipinski definition) is 1. The molecule has 0 fully saturated rings. The van der Waals surface area contributed by atoms with E-state index in [9.17, 15) is 0 Å². The zero-order valence-electron chi connectivity index (χ0n) is 10.2. The summed E-state index contributed by atoms with van der Waals surface area (Å²) < 4.78 is 1.02. The third-order valence-electron chi connectivity index (χ3n) is 2.83. The van der Waals surface area contributed by atoms with Crippen molar-refractivity contribution in [1.82, 2.24) is 4.98 Å². The van der Waals surface area contributed by atoms with E-state index in [4.69, 9.17) is 11.6 Å². The summed E-state index contributed by atoms with van der Waals surface area (Å²) in [5, 5.41) is 4.20. The van der Waals surface area contributed by atoms with Crippen molar-refractivity contribution in [2.75, 3.05) is 5.32 Å². The van der Waals surface area contributed by atoms with Gasteiger partial charge in [-0.3, -0.25) is 4.98 Å². The van der Waals surface area contributed by atoms with Crippen molar-refractivity contribution in [2.45, 2.75) is 19.9 Å². The minimum Gasteiger partial charge on any atom is -0.378 e. The van der Waals surface area contributed by atoms with Crippen LogP contribution in [0, 0.1) is 6.92 Å². The van der Waals surface area contributed by atoms with Crippen molar-refractivity contribution in [2.24, 2.45) is 0 Å². The highest BCUT2D eigenvalue weighted by Crippen LogP contribution is 2.31. The molecule has 1 aromatic carbocycles. The van der Waals surface area contributed by atoms with Crippen molar-refractivity contribution in [3.8, 4) is 0 Å². The van der Waals surface area contributed by atoms with E-state index in [2.05, 4.69) is 33.2 Å². The molecule has 0 spiro atoms. The van der Waals surface area contributed by atoms with Crippen LogP contribution in [0.5, 0.6) is 0 Å². The summed E-state index contributed by atoms with van der Waals surface area (Å²) in [4.78, 5) is 4.02. The second-order valence-corrected chi connectivity index (χ2v) is 5.49. The number of nitrogens with zero attached hydrogens (tertiary/aromatic N) is 1. The van der Waals surface area contributed by atoms with Crippen molar-refractivity contribution in [3.63, 3.8) is 0 Å². The summed E-state index contributed by atoms with van der Waals surface area (Å²) >= 11 is 9.69. The van der Waals surface area contributed by atoms with Gasteiger partial charge in [-0.15, -0.1) is 0 Å². The number of anilines is 1. The SMILES string of the molecule is Cc1cc(Br)c(NC(C)c2ccncc2)cc1Cl. The summed E-state index contributed by atoms with van der Waals surface area (Å²) in [6, 6.07) is 8.16. The summed E-state index contributed by atoms with van der Waals surface area (Å²) in [6.45, 7) is 4.10. The summed E-state index contributed by atoms with van der Waals surface area (Å²) in [7, 11) is 0. The van der Waals surface area contributed by atoms with E-state index in [1.165, 1.54) is 5.56 Å². The molecule has 1 aromatic heterocycles. The third-order valence-corrected chi connectivity index (χ3v) is 3.89. The molecule has 0 aliphatic rings. The van der Waals surface area contributed by atoms with Crippen molar-refractivity contribution in [1.29, 1.82) is 0 Å². The number of hydrogen-bond acceptors (Lipinski definition) is 2. The molecule has 1 unspecified atom stereocenters. The van der Waals surface area contributed by atoms with Gasteiger partial charge in [0.25, 0.3) is 0 Å². The molecule has 2 rings (SSSR count). The normalized spacial score (nSPS) is 12.2. The molecule has 94 valence electrons. The maximum atomic E-state index is 6.14. The van der Waals surface area contributed by atoms with Gasteiger partial charge in [-0.25, -0.2) is 0 Å². The number of benzene rings is 1. The predicted octanol–water partition coefficient (Wildman–Crippen LogP) is 4.98. The van der Waals surface area contributed by atoms with Gasteiger partial charge in [0.2, 0.25) is 0 Å². The topological polar surface area (TPSA) is 24.9 Å². The molecule has 1 atom stereocenters. The van der Waals surface area contributed by atoms with Gasteiger partial charge >= 0.3 is 0 Å². The van der Waals surface area contributed by atoms with Crippen LogP contribution in [0.4, 0.5) is 5.69 Å². The minimum absolute atomic E-state index is 0.197. The van der Waals surface area contributed by atoms with Crippen LogP contribution in [0.2, 0.25) is 5.02 Å². The van der Waals surface area contributed by atoms with Crippen LogP contribution in [-0.2, 0) is 0 Å². The monoisotopic (exact) mass is 324 g/mol. The first-order chi connectivity index (χ1) is 8.58. The van der Waals surface area contributed by atoms with Crippen molar-refractivity contribution in [3.05, 3.63) is 57.3 Å². The molecule has 0 aliphatic carbocycles. The Balaban J connectivity index is 2.22. The molecule has 0 bridgehead atoms. The van der Waals surface area contributed by atoms with E-state index in [1.807, 2.05) is 31.2 Å². The van der Waals surface area contributed by atoms with E-state index >= 15 is 0 Å². The standard InChI is InChI=1S/C14H14BrClN2/c1-9-7-12(15)14(8-13(9)16)18-10(2)11-3-5-17-6-4-11/h3-8,10,18H,1-2H3. The molecule has 2 nitrogen and oxygen atoms in total. The van der Waals surface area contributed by atoms with E-state index in [1.54, 1.807) is 12.4 Å². The second-order valence-electron chi connectivity index (χ2n) is 4.23. The molecule has 0 saturated heterocycles. The van der Waals surface area contributed by atoms with Gasteiger partial charge < -0.3 is 5.32 Å². The summed E-state index contributed by atoms with van der Waals surface area (Å²) in [6.07, 6.45) is 3.59. The maximum absolute atomic E-state index is 6.14. The number of aryl methyl sites for hydroxylation is 1. The second kappa shape index (κ2) is 5.72. The lowest BCUT2D eigenvalue weighted by Gasteiger charge is -2.17. The number of rotatable bonds is 3. The van der Waals surface area contributed by atoms with Gasteiger partial charge in [0.05, 0.1) is 5.69 Å². The summed E-state index contributed by atoms with van der Waals surface area (Å²) in [5.41, 5.74) is 3.24. The highest BCUT2D eigenvalue weighted by molar-refractivity contribution is 9.10. The Hall–Kier alpha value is -1.06. The van der Waals surface area contributed by atoms with Crippen LogP contribution in [0.1, 0.15) is 24.1 Å². The maximum Gasteiger partial charge on any atom is 0.0504 e. The fourth-order valence-electron chi connectivity index (χ4n) is 1.73. The molecular formula is C14H14BrClN2. The fourth-order valence-corrected chi connectivity index (χ4v) is 2.46. The first kappa shape index (κ1) is 13.4.